The van der Waals surface area contributed by atoms with Gasteiger partial charge in [-0.25, -0.2) is 0 Å². The molecule has 1 fully saturated rings. The van der Waals surface area contributed by atoms with E-state index in [4.69, 9.17) is 0 Å². The van der Waals surface area contributed by atoms with Crippen molar-refractivity contribution in [3.8, 4) is 11.1 Å². The highest BCUT2D eigenvalue weighted by Gasteiger charge is 2.24. The quantitative estimate of drug-likeness (QED) is 0.265. The molecule has 0 unspecified atom stereocenters. The molecule has 3 nitrogen and oxygen atoms in total. The number of rotatable bonds is 8. The Balaban J connectivity index is 1.35. The number of unbranched alkanes of at least 4 members (excludes halogenated alkanes) is 1. The van der Waals surface area contributed by atoms with Gasteiger partial charge in [-0.2, -0.15) is 0 Å². The first-order valence-corrected chi connectivity index (χ1v) is 13.2. The van der Waals surface area contributed by atoms with Crippen molar-refractivity contribution in [1.82, 2.24) is 0 Å². The first kappa shape index (κ1) is 23.6. The van der Waals surface area contributed by atoms with Crippen LogP contribution in [0.2, 0.25) is 0 Å². The van der Waals surface area contributed by atoms with E-state index >= 15 is 0 Å². The van der Waals surface area contributed by atoms with E-state index in [0.29, 0.717) is 6.42 Å². The summed E-state index contributed by atoms with van der Waals surface area (Å²) in [6.07, 6.45) is 9.15. The lowest BCUT2D eigenvalue weighted by Crippen LogP contribution is -3.12. The molecule has 0 amide bonds. The average molecular weight is 466 g/mol. The molecule has 0 spiro atoms. The topological polar surface area (TPSA) is 24.8 Å². The number of nitrogens with zero attached hydrogens (tertiary/aromatic N) is 1. The Morgan fingerprint density at radius 3 is 2.29 bits per heavy atom. The highest BCUT2D eigenvalue weighted by atomic mass is 16.1. The van der Waals surface area contributed by atoms with E-state index in [1.54, 1.807) is 4.90 Å². The fraction of sp³-hybridized carbons (Fsp3) is 0.344. The van der Waals surface area contributed by atoms with Gasteiger partial charge in [-0.15, -0.1) is 0 Å². The van der Waals surface area contributed by atoms with Gasteiger partial charge < -0.3 is 9.80 Å². The van der Waals surface area contributed by atoms with Crippen LogP contribution in [0.15, 0.2) is 66.7 Å². The summed E-state index contributed by atoms with van der Waals surface area (Å²) in [5.41, 5.74) is 9.30. The van der Waals surface area contributed by atoms with Gasteiger partial charge in [0.15, 0.2) is 5.78 Å². The molecule has 3 aromatic rings. The number of ketones is 1. The molecular weight excluding hydrogens is 428 g/mol. The number of fused-ring (bicyclic) bond motifs is 3. The fourth-order valence-corrected chi connectivity index (χ4v) is 5.57. The van der Waals surface area contributed by atoms with E-state index in [9.17, 15) is 4.79 Å². The minimum atomic E-state index is 0.270. The molecule has 0 atom stereocenters. The molecule has 1 heterocycles. The number of piperidine rings is 1. The highest BCUT2D eigenvalue weighted by molar-refractivity contribution is 6.08. The van der Waals surface area contributed by atoms with Crippen LogP contribution in [0.3, 0.4) is 0 Å². The zero-order valence-corrected chi connectivity index (χ0v) is 21.1. The van der Waals surface area contributed by atoms with Crippen LogP contribution in [0.5, 0.6) is 0 Å². The molecule has 5 rings (SSSR count). The normalized spacial score (nSPS) is 16.2. The number of quaternary nitrogens is 1. The zero-order chi connectivity index (χ0) is 24.2. The molecule has 0 bridgehead atoms. The summed E-state index contributed by atoms with van der Waals surface area (Å²) in [7, 11) is 4.12. The van der Waals surface area contributed by atoms with Crippen LogP contribution in [0, 0.1) is 0 Å². The molecule has 2 aliphatic rings. The number of carbonyl (C=O) groups excluding carboxylic acids is 1. The molecule has 0 saturated carbocycles. The molecule has 3 aromatic carbocycles. The maximum absolute atomic E-state index is 13.1. The van der Waals surface area contributed by atoms with Crippen molar-refractivity contribution >= 4 is 23.1 Å². The van der Waals surface area contributed by atoms with E-state index in [1.165, 1.54) is 78.0 Å². The number of likely N-dealkylation sites (tertiary alicyclic amines) is 1. The van der Waals surface area contributed by atoms with Crippen molar-refractivity contribution in [2.24, 2.45) is 0 Å². The number of benzene rings is 3. The molecular formula is C32H37N2O+. The zero-order valence-electron chi connectivity index (χ0n) is 21.1. The third-order valence-corrected chi connectivity index (χ3v) is 7.60. The van der Waals surface area contributed by atoms with Gasteiger partial charge in [0.1, 0.15) is 0 Å². The summed E-state index contributed by atoms with van der Waals surface area (Å²) in [6, 6.07) is 23.5. The van der Waals surface area contributed by atoms with Crippen molar-refractivity contribution in [2.75, 3.05) is 38.6 Å². The van der Waals surface area contributed by atoms with Crippen LogP contribution in [0.4, 0.5) is 5.69 Å². The minimum absolute atomic E-state index is 0.270. The van der Waals surface area contributed by atoms with Gasteiger partial charge >= 0.3 is 0 Å². The second-order valence-corrected chi connectivity index (χ2v) is 10.3. The largest absolute Gasteiger partial charge is 0.378 e. The molecule has 0 aromatic heterocycles. The van der Waals surface area contributed by atoms with Crippen molar-refractivity contribution in [1.29, 1.82) is 0 Å². The maximum Gasteiger partial charge on any atom is 0.162 e. The van der Waals surface area contributed by atoms with Crippen LogP contribution < -0.4 is 9.80 Å². The van der Waals surface area contributed by atoms with Crippen molar-refractivity contribution in [3.05, 3.63) is 89.0 Å². The number of anilines is 1. The van der Waals surface area contributed by atoms with Gasteiger partial charge in [0.2, 0.25) is 0 Å². The molecule has 35 heavy (non-hydrogen) atoms. The number of nitrogens with one attached hydrogen (secondary N) is 1. The number of hydrogen-bond donors (Lipinski definition) is 1. The van der Waals surface area contributed by atoms with Crippen LogP contribution in [0.25, 0.3) is 22.8 Å². The van der Waals surface area contributed by atoms with Gasteiger partial charge in [0, 0.05) is 31.8 Å². The van der Waals surface area contributed by atoms with E-state index < -0.39 is 0 Å². The van der Waals surface area contributed by atoms with Crippen molar-refractivity contribution in [3.63, 3.8) is 0 Å². The molecule has 3 heteroatoms. The highest BCUT2D eigenvalue weighted by Crippen LogP contribution is 2.45. The Morgan fingerprint density at radius 2 is 1.54 bits per heavy atom. The first-order valence-electron chi connectivity index (χ1n) is 13.2. The lowest BCUT2D eigenvalue weighted by Gasteiger charge is -2.23. The van der Waals surface area contributed by atoms with Gasteiger partial charge in [-0.3, -0.25) is 4.79 Å². The first-order chi connectivity index (χ1) is 17.1. The number of hydrogen-bond acceptors (Lipinski definition) is 2. The molecule has 1 N–H and O–H groups in total. The molecule has 1 aliphatic carbocycles. The Kier molecular flexibility index (Phi) is 7.15. The lowest BCUT2D eigenvalue weighted by atomic mass is 9.96. The van der Waals surface area contributed by atoms with Gasteiger partial charge in [-0.1, -0.05) is 48.5 Å². The Morgan fingerprint density at radius 1 is 0.829 bits per heavy atom. The number of carbonyl (C=O) groups is 1. The average Bonchev–Trinajstić information content (AvgIpc) is 3.20. The van der Waals surface area contributed by atoms with Gasteiger partial charge in [0.25, 0.3) is 0 Å². The second-order valence-electron chi connectivity index (χ2n) is 10.3. The van der Waals surface area contributed by atoms with Crippen LogP contribution in [-0.2, 0) is 0 Å². The Bertz CT molecular complexity index is 1220. The predicted octanol–water partition coefficient (Wildman–Crippen LogP) is 5.74. The third-order valence-electron chi connectivity index (χ3n) is 7.60. The van der Waals surface area contributed by atoms with Gasteiger partial charge in [-0.05, 0) is 89.8 Å². The predicted molar refractivity (Wildman–Crippen MR) is 147 cm³/mol. The number of Topliss-reactive ketones (excluding diaryl/α,β-unsaturated/α-hetero) is 1. The summed E-state index contributed by atoms with van der Waals surface area (Å²) in [4.78, 5) is 16.9. The third kappa shape index (κ3) is 5.26. The van der Waals surface area contributed by atoms with E-state index in [2.05, 4.69) is 85.7 Å². The minimum Gasteiger partial charge on any atom is -0.378 e. The van der Waals surface area contributed by atoms with E-state index in [-0.39, 0.29) is 5.78 Å². The van der Waals surface area contributed by atoms with Gasteiger partial charge in [0.05, 0.1) is 19.6 Å². The summed E-state index contributed by atoms with van der Waals surface area (Å²) in [5, 5.41) is 0. The summed E-state index contributed by atoms with van der Waals surface area (Å²) in [5.74, 6) is 0.270. The standard InChI is InChI=1S/C32H36N2O/c1-33(2)26-16-13-24(14-17-26)22-30-28-11-5-4-10-27(28)29-18-15-25(23-31(29)30)32(35)12-6-9-21-34-19-7-3-8-20-34/h4-5,10-11,13-18,22-23H,3,6-9,12,19-21H2,1-2H3/p+1/b30-22-. The van der Waals surface area contributed by atoms with Crippen molar-refractivity contribution < 1.29 is 9.69 Å². The molecule has 0 radical (unpaired) electrons. The smallest absolute Gasteiger partial charge is 0.162 e. The Labute approximate surface area is 210 Å². The van der Waals surface area contributed by atoms with Crippen molar-refractivity contribution in [2.45, 2.75) is 38.5 Å². The van der Waals surface area contributed by atoms with Crippen LogP contribution >= 0.6 is 0 Å². The van der Waals surface area contributed by atoms with E-state index in [0.717, 1.165) is 18.4 Å². The molecule has 180 valence electrons. The van der Waals surface area contributed by atoms with Crippen LogP contribution in [0.1, 0.15) is 65.6 Å². The van der Waals surface area contributed by atoms with Crippen LogP contribution in [-0.4, -0.2) is 39.5 Å². The van der Waals surface area contributed by atoms with E-state index in [1.807, 2.05) is 6.07 Å². The SMILES string of the molecule is CN(C)c1ccc(/C=C2/c3ccccc3-c3ccc(C(=O)CCCC[NH+]4CCCCC4)cc32)cc1. The second kappa shape index (κ2) is 10.6. The summed E-state index contributed by atoms with van der Waals surface area (Å²) in [6.45, 7) is 3.84. The summed E-state index contributed by atoms with van der Waals surface area (Å²) >= 11 is 0. The fourth-order valence-electron chi connectivity index (χ4n) is 5.57. The molecule has 1 saturated heterocycles. The Hall–Kier alpha value is -3.17. The lowest BCUT2D eigenvalue weighted by molar-refractivity contribution is -0.905. The molecule has 1 aliphatic heterocycles. The monoisotopic (exact) mass is 465 g/mol. The summed E-state index contributed by atoms with van der Waals surface area (Å²) < 4.78 is 0. The maximum atomic E-state index is 13.1.